The summed E-state index contributed by atoms with van der Waals surface area (Å²) >= 11 is 1.61. The molecule has 2 aromatic rings. The van der Waals surface area contributed by atoms with Crippen LogP contribution in [0, 0.1) is 11.8 Å². The topological polar surface area (TPSA) is 91.4 Å². The Hall–Kier alpha value is -2.58. The van der Waals surface area contributed by atoms with Crippen LogP contribution in [0.15, 0.2) is 30.4 Å². The van der Waals surface area contributed by atoms with Crippen LogP contribution in [-0.4, -0.2) is 60.2 Å². The standard InChI is InChI=1S/C34H50N4O3S/c1-24(2)26-14-16-30-31(21-26)42-33(36-30)23-27(22-32(40)35-3)34(41)37-29(25-11-6-4-7-12-25)17-15-28(39)13-10-20-38-18-8-5-9-19-38/h10,13-14,16,21,24-25,27,29H,4-9,11-12,15,17-20,22-23H2,1-3H3,(H,35,40)(H,37,41)/b13-10+/t27-,29+/m0/s1. The Bertz CT molecular complexity index is 1210. The second kappa shape index (κ2) is 16.3. The first-order chi connectivity index (χ1) is 20.3. The molecule has 8 heteroatoms. The predicted molar refractivity (Wildman–Crippen MR) is 172 cm³/mol. The highest BCUT2D eigenvalue weighted by Gasteiger charge is 2.30. The minimum absolute atomic E-state index is 0.0617. The SMILES string of the molecule is CNC(=O)C[C@@H](Cc1nc2ccc(C(C)C)cc2s1)C(=O)N[C@H](CCC(=O)/C=C/CN1CCCCC1)C1CCCCC1. The van der Waals surface area contributed by atoms with E-state index in [1.54, 1.807) is 24.5 Å². The van der Waals surface area contributed by atoms with Gasteiger partial charge in [-0.15, -0.1) is 11.3 Å². The molecule has 2 aliphatic rings. The molecular formula is C34H50N4O3S. The van der Waals surface area contributed by atoms with E-state index in [2.05, 4.69) is 47.6 Å². The Morgan fingerprint density at radius 1 is 1.07 bits per heavy atom. The summed E-state index contributed by atoms with van der Waals surface area (Å²) in [5.41, 5.74) is 2.20. The Labute approximate surface area is 255 Å². The number of hydrogen-bond acceptors (Lipinski definition) is 6. The number of carbonyl (C=O) groups excluding carboxylic acids is 3. The van der Waals surface area contributed by atoms with E-state index < -0.39 is 5.92 Å². The Morgan fingerprint density at radius 3 is 2.52 bits per heavy atom. The number of piperidine rings is 1. The molecule has 2 heterocycles. The molecule has 230 valence electrons. The fourth-order valence-corrected chi connectivity index (χ4v) is 7.44. The van der Waals surface area contributed by atoms with Crippen LogP contribution >= 0.6 is 11.3 Å². The summed E-state index contributed by atoms with van der Waals surface area (Å²) in [6.45, 7) is 7.41. The fraction of sp³-hybridized carbons (Fsp3) is 0.647. The lowest BCUT2D eigenvalue weighted by molar-refractivity contribution is -0.131. The highest BCUT2D eigenvalue weighted by atomic mass is 32.1. The van der Waals surface area contributed by atoms with Crippen LogP contribution in [0.25, 0.3) is 10.2 Å². The maximum atomic E-state index is 13.8. The smallest absolute Gasteiger partial charge is 0.224 e. The average Bonchev–Trinajstić information content (AvgIpc) is 3.41. The molecule has 0 radical (unpaired) electrons. The molecule has 0 unspecified atom stereocenters. The van der Waals surface area contributed by atoms with Gasteiger partial charge in [0, 0.05) is 38.9 Å². The van der Waals surface area contributed by atoms with Crippen LogP contribution in [0.3, 0.4) is 0 Å². The van der Waals surface area contributed by atoms with Crippen molar-refractivity contribution in [2.24, 2.45) is 11.8 Å². The number of carbonyl (C=O) groups is 3. The third-order valence-corrected chi connectivity index (χ3v) is 10.0. The highest BCUT2D eigenvalue weighted by molar-refractivity contribution is 7.18. The van der Waals surface area contributed by atoms with Gasteiger partial charge in [-0.2, -0.15) is 0 Å². The van der Waals surface area contributed by atoms with Crippen LogP contribution in [0.2, 0.25) is 0 Å². The van der Waals surface area contributed by atoms with Crippen LogP contribution in [0.5, 0.6) is 0 Å². The molecule has 1 aromatic carbocycles. The zero-order chi connectivity index (χ0) is 29.9. The molecule has 2 atom stereocenters. The lowest BCUT2D eigenvalue weighted by Crippen LogP contribution is -2.45. The number of thiazole rings is 1. The van der Waals surface area contributed by atoms with Crippen molar-refractivity contribution in [3.05, 3.63) is 40.9 Å². The fourth-order valence-electron chi connectivity index (χ4n) is 6.35. The van der Waals surface area contributed by atoms with Gasteiger partial charge in [-0.05, 0) is 80.8 Å². The van der Waals surface area contributed by atoms with Crippen molar-refractivity contribution in [1.29, 1.82) is 0 Å². The molecule has 0 spiro atoms. The van der Waals surface area contributed by atoms with Crippen LogP contribution in [-0.2, 0) is 20.8 Å². The van der Waals surface area contributed by atoms with Gasteiger partial charge in [0.05, 0.1) is 21.1 Å². The largest absolute Gasteiger partial charge is 0.359 e. The summed E-state index contributed by atoms with van der Waals surface area (Å²) in [4.78, 5) is 46.2. The zero-order valence-electron chi connectivity index (χ0n) is 25.8. The van der Waals surface area contributed by atoms with E-state index in [0.29, 0.717) is 31.1 Å². The summed E-state index contributed by atoms with van der Waals surface area (Å²) in [6.07, 6.45) is 14.8. The molecule has 7 nitrogen and oxygen atoms in total. The van der Waals surface area contributed by atoms with Gasteiger partial charge in [-0.25, -0.2) is 4.98 Å². The lowest BCUT2D eigenvalue weighted by atomic mass is 9.81. The van der Waals surface area contributed by atoms with Gasteiger partial charge in [0.1, 0.15) is 0 Å². The van der Waals surface area contributed by atoms with Crippen molar-refractivity contribution in [3.8, 4) is 0 Å². The number of hydrogen-bond donors (Lipinski definition) is 2. The molecule has 1 aliphatic heterocycles. The third-order valence-electron chi connectivity index (χ3n) is 8.99. The van der Waals surface area contributed by atoms with E-state index in [-0.39, 0.29) is 30.1 Å². The summed E-state index contributed by atoms with van der Waals surface area (Å²) in [7, 11) is 1.61. The quantitative estimate of drug-likeness (QED) is 0.255. The molecule has 4 rings (SSSR count). The maximum absolute atomic E-state index is 13.8. The average molecular weight is 595 g/mol. The summed E-state index contributed by atoms with van der Waals surface area (Å²) in [5.74, 6) is 0.150. The van der Waals surface area contributed by atoms with Crippen molar-refractivity contribution >= 4 is 39.2 Å². The minimum atomic E-state index is -0.513. The van der Waals surface area contributed by atoms with Crippen molar-refractivity contribution in [3.63, 3.8) is 0 Å². The van der Waals surface area contributed by atoms with E-state index in [4.69, 9.17) is 4.98 Å². The van der Waals surface area contributed by atoms with Gasteiger partial charge in [0.2, 0.25) is 11.8 Å². The van der Waals surface area contributed by atoms with Crippen LogP contribution in [0.4, 0.5) is 0 Å². The second-order valence-electron chi connectivity index (χ2n) is 12.5. The van der Waals surface area contributed by atoms with Crippen LogP contribution in [0.1, 0.15) is 101 Å². The number of amides is 2. The number of fused-ring (bicyclic) bond motifs is 1. The molecule has 1 saturated carbocycles. The Kier molecular flexibility index (Phi) is 12.6. The van der Waals surface area contributed by atoms with E-state index in [1.807, 2.05) is 6.08 Å². The molecule has 2 N–H and O–H groups in total. The molecule has 42 heavy (non-hydrogen) atoms. The molecule has 2 fully saturated rings. The first kappa shape index (κ1) is 32.3. The van der Waals surface area contributed by atoms with E-state index in [0.717, 1.165) is 60.5 Å². The van der Waals surface area contributed by atoms with E-state index >= 15 is 0 Å². The first-order valence-electron chi connectivity index (χ1n) is 16.1. The van der Waals surface area contributed by atoms with Gasteiger partial charge >= 0.3 is 0 Å². The lowest BCUT2D eigenvalue weighted by Gasteiger charge is -2.32. The second-order valence-corrected chi connectivity index (χ2v) is 13.7. The summed E-state index contributed by atoms with van der Waals surface area (Å²) in [5, 5.41) is 6.90. The number of aromatic nitrogens is 1. The number of allylic oxidation sites excluding steroid dienone is 1. The molecule has 1 aromatic heterocycles. The number of rotatable bonds is 14. The monoisotopic (exact) mass is 594 g/mol. The number of benzene rings is 1. The molecule has 1 saturated heterocycles. The van der Waals surface area contributed by atoms with Crippen molar-refractivity contribution in [2.45, 2.75) is 103 Å². The Morgan fingerprint density at radius 2 is 1.81 bits per heavy atom. The van der Waals surface area contributed by atoms with E-state index in [1.165, 1.54) is 31.2 Å². The van der Waals surface area contributed by atoms with Crippen molar-refractivity contribution in [1.82, 2.24) is 20.5 Å². The van der Waals surface area contributed by atoms with E-state index in [9.17, 15) is 14.4 Å². The maximum Gasteiger partial charge on any atom is 0.224 e. The van der Waals surface area contributed by atoms with Crippen molar-refractivity contribution in [2.75, 3.05) is 26.7 Å². The third kappa shape index (κ3) is 9.73. The van der Waals surface area contributed by atoms with Gasteiger partial charge in [-0.3, -0.25) is 19.3 Å². The summed E-state index contributed by atoms with van der Waals surface area (Å²) in [6, 6.07) is 6.29. The molecule has 1 aliphatic carbocycles. The van der Waals surface area contributed by atoms with Crippen LogP contribution < -0.4 is 10.6 Å². The first-order valence-corrected chi connectivity index (χ1v) is 17.0. The number of nitrogens with one attached hydrogen (secondary N) is 2. The highest BCUT2D eigenvalue weighted by Crippen LogP contribution is 2.30. The number of likely N-dealkylation sites (tertiary alicyclic amines) is 1. The van der Waals surface area contributed by atoms with Gasteiger partial charge < -0.3 is 10.6 Å². The Balaban J connectivity index is 1.41. The van der Waals surface area contributed by atoms with Gasteiger partial charge in [0.15, 0.2) is 5.78 Å². The van der Waals surface area contributed by atoms with Gasteiger partial charge in [0.25, 0.3) is 0 Å². The minimum Gasteiger partial charge on any atom is -0.359 e. The predicted octanol–water partition coefficient (Wildman–Crippen LogP) is 6.17. The normalized spacial score (nSPS) is 18.4. The molecule has 0 bridgehead atoms. The molecule has 2 amide bonds. The van der Waals surface area contributed by atoms with Gasteiger partial charge in [-0.1, -0.05) is 51.7 Å². The number of nitrogens with zero attached hydrogens (tertiary/aromatic N) is 2. The number of ketones is 1. The summed E-state index contributed by atoms with van der Waals surface area (Å²) < 4.78 is 1.11. The zero-order valence-corrected chi connectivity index (χ0v) is 26.6. The molecular weight excluding hydrogens is 544 g/mol. The van der Waals surface area contributed by atoms with Crippen molar-refractivity contribution < 1.29 is 14.4 Å².